The number of benzene rings is 2. The number of sulfonamides is 1. The molecule has 1 N–H and O–H groups in total. The Morgan fingerprint density at radius 3 is 2.61 bits per heavy atom. The van der Waals surface area contributed by atoms with Crippen molar-refractivity contribution >= 4 is 15.7 Å². The van der Waals surface area contributed by atoms with Crippen LogP contribution >= 0.6 is 0 Å². The molecule has 0 radical (unpaired) electrons. The molecule has 1 atom stereocenters. The molecule has 0 aliphatic carbocycles. The Hall–Kier alpha value is -3.36. The van der Waals surface area contributed by atoms with E-state index in [1.807, 2.05) is 35.2 Å². The van der Waals surface area contributed by atoms with Crippen LogP contribution < -0.4 is 4.90 Å². The van der Waals surface area contributed by atoms with Crippen LogP contribution in [0.5, 0.6) is 0 Å². The van der Waals surface area contributed by atoms with Gasteiger partial charge in [0.2, 0.25) is 10.0 Å². The lowest BCUT2D eigenvalue weighted by atomic mass is 10.1. The second kappa shape index (κ2) is 10.7. The molecule has 2 aromatic carbocycles. The Bertz CT molecular complexity index is 1310. The third-order valence-corrected chi connectivity index (χ3v) is 8.11. The minimum Gasteiger partial charge on any atom is -0.364 e. The van der Waals surface area contributed by atoms with Crippen LogP contribution in [0.25, 0.3) is 0 Å². The monoisotopic (exact) mass is 517 g/mol. The molecule has 11 heteroatoms. The standard InChI is InChI=1S/C25H26F3N5O2S/c26-25(27,28)9-4-10-36(34,35)33-15-21-11-20(13-29)7-8-24(21)32(16-22-14-30-18-31-22)17-23(33)12-19-5-2-1-3-6-19/h1-3,5-8,11,14,18,23H,4,9-10,12,15-17H2,(H,30,31)/t23-/m1/s1. The summed E-state index contributed by atoms with van der Waals surface area (Å²) in [6.07, 6.45) is -2.46. The molecule has 36 heavy (non-hydrogen) atoms. The molecule has 0 unspecified atom stereocenters. The van der Waals surface area contributed by atoms with E-state index < -0.39 is 40.8 Å². The first-order valence-corrected chi connectivity index (χ1v) is 13.1. The van der Waals surface area contributed by atoms with E-state index in [9.17, 15) is 26.9 Å². The Morgan fingerprint density at radius 2 is 1.94 bits per heavy atom. The average Bonchev–Trinajstić information content (AvgIpc) is 3.29. The molecule has 1 aliphatic heterocycles. The maximum atomic E-state index is 13.5. The fraction of sp³-hybridized carbons (Fsp3) is 0.360. The Kier molecular flexibility index (Phi) is 7.66. The van der Waals surface area contributed by atoms with Crippen molar-refractivity contribution in [2.45, 2.75) is 44.6 Å². The Labute approximate surface area is 208 Å². The first kappa shape index (κ1) is 25.7. The van der Waals surface area contributed by atoms with Crippen molar-refractivity contribution < 1.29 is 21.6 Å². The number of hydrogen-bond acceptors (Lipinski definition) is 5. The summed E-state index contributed by atoms with van der Waals surface area (Å²) in [5, 5.41) is 9.43. The van der Waals surface area contributed by atoms with Crippen molar-refractivity contribution in [3.05, 3.63) is 83.4 Å². The van der Waals surface area contributed by atoms with Gasteiger partial charge in [0.25, 0.3) is 0 Å². The molecule has 0 saturated carbocycles. The molecule has 2 heterocycles. The number of rotatable bonds is 8. The summed E-state index contributed by atoms with van der Waals surface area (Å²) in [5.41, 5.74) is 3.53. The van der Waals surface area contributed by atoms with Crippen LogP contribution in [-0.4, -0.2) is 47.2 Å². The number of aromatic amines is 1. The summed E-state index contributed by atoms with van der Waals surface area (Å²) >= 11 is 0. The number of imidazole rings is 1. The summed E-state index contributed by atoms with van der Waals surface area (Å²) < 4.78 is 66.5. The van der Waals surface area contributed by atoms with E-state index >= 15 is 0 Å². The zero-order chi connectivity index (χ0) is 25.8. The highest BCUT2D eigenvalue weighted by molar-refractivity contribution is 7.89. The molecule has 3 aromatic rings. The average molecular weight is 518 g/mol. The van der Waals surface area contributed by atoms with Crippen LogP contribution in [-0.2, 0) is 29.5 Å². The molecule has 190 valence electrons. The lowest BCUT2D eigenvalue weighted by Crippen LogP contribution is -2.46. The smallest absolute Gasteiger partial charge is 0.364 e. The van der Waals surface area contributed by atoms with Gasteiger partial charge < -0.3 is 9.88 Å². The van der Waals surface area contributed by atoms with Gasteiger partial charge in [0, 0.05) is 37.4 Å². The number of nitriles is 1. The van der Waals surface area contributed by atoms with Gasteiger partial charge in [-0.15, -0.1) is 0 Å². The third kappa shape index (κ3) is 6.44. The van der Waals surface area contributed by atoms with Gasteiger partial charge in [0.15, 0.2) is 0 Å². The lowest BCUT2D eigenvalue weighted by molar-refractivity contribution is -0.134. The van der Waals surface area contributed by atoms with Crippen molar-refractivity contribution in [1.82, 2.24) is 14.3 Å². The molecule has 0 fully saturated rings. The lowest BCUT2D eigenvalue weighted by Gasteiger charge is -2.32. The molecular weight excluding hydrogens is 491 g/mol. The number of alkyl halides is 3. The van der Waals surface area contributed by atoms with Crippen molar-refractivity contribution in [2.24, 2.45) is 0 Å². The molecule has 1 aromatic heterocycles. The summed E-state index contributed by atoms with van der Waals surface area (Å²) in [5.74, 6) is -0.606. The van der Waals surface area contributed by atoms with E-state index in [1.165, 1.54) is 4.31 Å². The van der Waals surface area contributed by atoms with Gasteiger partial charge in [0.1, 0.15) is 0 Å². The van der Waals surface area contributed by atoms with Gasteiger partial charge in [0.05, 0.1) is 36.0 Å². The summed E-state index contributed by atoms with van der Waals surface area (Å²) in [6, 6.07) is 16.1. The number of halogens is 3. The molecule has 0 bridgehead atoms. The Morgan fingerprint density at radius 1 is 1.17 bits per heavy atom. The zero-order valence-electron chi connectivity index (χ0n) is 19.4. The van der Waals surface area contributed by atoms with Crippen LogP contribution in [0.3, 0.4) is 0 Å². The van der Waals surface area contributed by atoms with E-state index in [-0.39, 0.29) is 6.54 Å². The molecule has 4 rings (SSSR count). The van der Waals surface area contributed by atoms with Gasteiger partial charge in [-0.25, -0.2) is 13.4 Å². The molecule has 1 aliphatic rings. The zero-order valence-corrected chi connectivity index (χ0v) is 20.3. The summed E-state index contributed by atoms with van der Waals surface area (Å²) in [6.45, 7) is 0.702. The fourth-order valence-corrected chi connectivity index (χ4v) is 6.18. The molecular formula is C25H26F3N5O2S. The molecule has 0 amide bonds. The maximum Gasteiger partial charge on any atom is 0.389 e. The van der Waals surface area contributed by atoms with Gasteiger partial charge in [-0.05, 0) is 42.2 Å². The SMILES string of the molecule is N#Cc1ccc2c(c1)CN(S(=O)(=O)CCCC(F)(F)F)[C@H](Cc1ccccc1)CN2Cc1cnc[nH]1. The van der Waals surface area contributed by atoms with E-state index in [4.69, 9.17) is 0 Å². The number of anilines is 1. The minimum atomic E-state index is -4.42. The number of fused-ring (bicyclic) bond motifs is 1. The molecule has 7 nitrogen and oxygen atoms in total. The first-order valence-electron chi connectivity index (χ1n) is 11.5. The third-order valence-electron chi connectivity index (χ3n) is 6.16. The summed E-state index contributed by atoms with van der Waals surface area (Å²) in [7, 11) is -4.04. The van der Waals surface area contributed by atoms with E-state index in [2.05, 4.69) is 16.0 Å². The van der Waals surface area contributed by atoms with Crippen molar-refractivity contribution in [1.29, 1.82) is 5.26 Å². The number of hydrogen-bond donors (Lipinski definition) is 1. The highest BCUT2D eigenvalue weighted by atomic mass is 32.2. The van der Waals surface area contributed by atoms with Gasteiger partial charge >= 0.3 is 6.18 Å². The summed E-state index contributed by atoms with van der Waals surface area (Å²) in [4.78, 5) is 9.16. The van der Waals surface area contributed by atoms with E-state index in [0.717, 1.165) is 16.9 Å². The van der Waals surface area contributed by atoms with Gasteiger partial charge in [-0.1, -0.05) is 30.3 Å². The highest BCUT2D eigenvalue weighted by Gasteiger charge is 2.36. The van der Waals surface area contributed by atoms with Gasteiger partial charge in [-0.2, -0.15) is 22.7 Å². The van der Waals surface area contributed by atoms with E-state index in [0.29, 0.717) is 30.6 Å². The highest BCUT2D eigenvalue weighted by Crippen LogP contribution is 2.33. The van der Waals surface area contributed by atoms with Crippen molar-refractivity contribution in [3.63, 3.8) is 0 Å². The van der Waals surface area contributed by atoms with Crippen LogP contribution in [0, 0.1) is 11.3 Å². The van der Waals surface area contributed by atoms with Crippen LogP contribution in [0.2, 0.25) is 0 Å². The Balaban J connectivity index is 1.73. The number of nitrogens with one attached hydrogen (secondary N) is 1. The number of H-pyrrole nitrogens is 1. The second-order valence-corrected chi connectivity index (χ2v) is 10.9. The van der Waals surface area contributed by atoms with Crippen LogP contribution in [0.1, 0.15) is 35.2 Å². The minimum absolute atomic E-state index is 0.0316. The largest absolute Gasteiger partial charge is 0.389 e. The van der Waals surface area contributed by atoms with Crippen LogP contribution in [0.4, 0.5) is 18.9 Å². The predicted molar refractivity (Wildman–Crippen MR) is 129 cm³/mol. The van der Waals surface area contributed by atoms with Crippen molar-refractivity contribution in [3.8, 4) is 6.07 Å². The van der Waals surface area contributed by atoms with Gasteiger partial charge in [-0.3, -0.25) is 0 Å². The number of nitrogens with zero attached hydrogens (tertiary/aromatic N) is 4. The maximum absolute atomic E-state index is 13.5. The second-order valence-electron chi connectivity index (χ2n) is 8.84. The van der Waals surface area contributed by atoms with Crippen LogP contribution in [0.15, 0.2) is 61.1 Å². The predicted octanol–water partition coefficient (Wildman–Crippen LogP) is 4.39. The topological polar surface area (TPSA) is 93.1 Å². The molecule has 0 spiro atoms. The fourth-order valence-electron chi connectivity index (χ4n) is 4.51. The first-order chi connectivity index (χ1) is 17.1. The number of aromatic nitrogens is 2. The van der Waals surface area contributed by atoms with E-state index in [1.54, 1.807) is 30.7 Å². The van der Waals surface area contributed by atoms with Crippen molar-refractivity contribution in [2.75, 3.05) is 17.2 Å². The quantitative estimate of drug-likeness (QED) is 0.479. The molecule has 0 saturated heterocycles. The normalized spacial score (nSPS) is 16.8.